The molecular formula is C9H13N3O. The van der Waals surface area contributed by atoms with E-state index in [9.17, 15) is 0 Å². The van der Waals surface area contributed by atoms with Gasteiger partial charge < -0.3 is 10.5 Å². The fourth-order valence-corrected chi connectivity index (χ4v) is 1.39. The monoisotopic (exact) mass is 179 g/mol. The van der Waals surface area contributed by atoms with Gasteiger partial charge in [0.1, 0.15) is 5.82 Å². The quantitative estimate of drug-likeness (QED) is 0.694. The predicted octanol–water partition coefficient (Wildman–Crippen LogP) is 0.0117. The lowest BCUT2D eigenvalue weighted by molar-refractivity contribution is -0.0594. The van der Waals surface area contributed by atoms with Crippen molar-refractivity contribution in [2.75, 3.05) is 19.8 Å². The van der Waals surface area contributed by atoms with Crippen molar-refractivity contribution in [2.45, 2.75) is 12.3 Å². The number of hydrogen-bond acceptors (Lipinski definition) is 4. The summed E-state index contributed by atoms with van der Waals surface area (Å²) >= 11 is 0. The first-order valence-electron chi connectivity index (χ1n) is 4.35. The van der Waals surface area contributed by atoms with Crippen LogP contribution in [0.5, 0.6) is 0 Å². The van der Waals surface area contributed by atoms with Crippen LogP contribution in [0.2, 0.25) is 0 Å². The van der Waals surface area contributed by atoms with Crippen LogP contribution in [0.15, 0.2) is 12.3 Å². The molecule has 0 atom stereocenters. The predicted molar refractivity (Wildman–Crippen MR) is 48.3 cm³/mol. The van der Waals surface area contributed by atoms with E-state index < -0.39 is 0 Å². The number of nitrogens with zero attached hydrogens (tertiary/aromatic N) is 2. The smallest absolute Gasteiger partial charge is 0.140 e. The molecule has 1 fully saturated rings. The summed E-state index contributed by atoms with van der Waals surface area (Å²) in [7, 11) is 0. The van der Waals surface area contributed by atoms with Crippen LogP contribution >= 0.6 is 0 Å². The summed E-state index contributed by atoms with van der Waals surface area (Å²) in [4.78, 5) is 8.60. The molecule has 70 valence electrons. The molecule has 4 nitrogen and oxygen atoms in total. The van der Waals surface area contributed by atoms with Crippen LogP contribution in [0.25, 0.3) is 0 Å². The highest BCUT2D eigenvalue weighted by atomic mass is 16.5. The highest BCUT2D eigenvalue weighted by Crippen LogP contribution is 2.28. The minimum atomic E-state index is -0.119. The topological polar surface area (TPSA) is 61.0 Å². The number of aromatic nitrogens is 2. The molecule has 0 aliphatic carbocycles. The maximum absolute atomic E-state index is 5.69. The lowest BCUT2D eigenvalue weighted by Gasteiger charge is -2.38. The molecule has 2 rings (SSSR count). The minimum absolute atomic E-state index is 0.119. The van der Waals surface area contributed by atoms with E-state index >= 15 is 0 Å². The first kappa shape index (κ1) is 8.59. The normalized spacial score (nSPS) is 19.5. The van der Waals surface area contributed by atoms with Crippen molar-refractivity contribution in [3.05, 3.63) is 23.8 Å². The van der Waals surface area contributed by atoms with Crippen LogP contribution in [0.4, 0.5) is 0 Å². The van der Waals surface area contributed by atoms with Crippen molar-refractivity contribution < 1.29 is 4.74 Å². The van der Waals surface area contributed by atoms with Crippen molar-refractivity contribution in [3.63, 3.8) is 0 Å². The van der Waals surface area contributed by atoms with E-state index in [1.165, 1.54) is 0 Å². The lowest BCUT2D eigenvalue weighted by Crippen LogP contribution is -2.53. The molecule has 13 heavy (non-hydrogen) atoms. The Morgan fingerprint density at radius 1 is 1.62 bits per heavy atom. The number of rotatable bonds is 2. The first-order chi connectivity index (χ1) is 6.27. The van der Waals surface area contributed by atoms with E-state index in [2.05, 4.69) is 9.97 Å². The second-order valence-corrected chi connectivity index (χ2v) is 3.50. The van der Waals surface area contributed by atoms with Crippen LogP contribution in [-0.4, -0.2) is 29.7 Å². The van der Waals surface area contributed by atoms with Crippen LogP contribution in [-0.2, 0) is 10.2 Å². The van der Waals surface area contributed by atoms with Crippen molar-refractivity contribution in [2.24, 2.45) is 5.73 Å². The Labute approximate surface area is 77.1 Å². The minimum Gasteiger partial charge on any atom is -0.379 e. The molecule has 1 saturated heterocycles. The largest absolute Gasteiger partial charge is 0.379 e. The zero-order valence-electron chi connectivity index (χ0n) is 7.66. The van der Waals surface area contributed by atoms with Crippen LogP contribution in [0.1, 0.15) is 11.5 Å². The number of aryl methyl sites for hydroxylation is 1. The third kappa shape index (κ3) is 1.32. The maximum Gasteiger partial charge on any atom is 0.140 e. The molecule has 1 aliphatic heterocycles. The third-order valence-corrected chi connectivity index (χ3v) is 2.42. The summed E-state index contributed by atoms with van der Waals surface area (Å²) in [6.45, 7) is 3.80. The second-order valence-electron chi connectivity index (χ2n) is 3.50. The van der Waals surface area contributed by atoms with E-state index in [1.54, 1.807) is 6.20 Å². The summed E-state index contributed by atoms with van der Waals surface area (Å²) < 4.78 is 5.16. The van der Waals surface area contributed by atoms with Gasteiger partial charge in [-0.3, -0.25) is 0 Å². The molecule has 0 radical (unpaired) electrons. The van der Waals surface area contributed by atoms with Gasteiger partial charge in [0.05, 0.1) is 18.6 Å². The highest BCUT2D eigenvalue weighted by Gasteiger charge is 2.41. The lowest BCUT2D eigenvalue weighted by atomic mass is 9.85. The molecule has 1 aliphatic rings. The second kappa shape index (κ2) is 3.05. The molecule has 2 N–H and O–H groups in total. The molecular weight excluding hydrogens is 166 g/mol. The SMILES string of the molecule is Cc1ccnc(C2(CN)COC2)n1. The Hall–Kier alpha value is -1.00. The van der Waals surface area contributed by atoms with Gasteiger partial charge in [0, 0.05) is 18.4 Å². The van der Waals surface area contributed by atoms with Gasteiger partial charge >= 0.3 is 0 Å². The molecule has 0 spiro atoms. The molecule has 0 saturated carbocycles. The van der Waals surface area contributed by atoms with E-state index in [1.807, 2.05) is 13.0 Å². The van der Waals surface area contributed by atoms with Crippen LogP contribution in [0, 0.1) is 6.92 Å². The fraction of sp³-hybridized carbons (Fsp3) is 0.556. The van der Waals surface area contributed by atoms with E-state index in [0.29, 0.717) is 19.8 Å². The van der Waals surface area contributed by atoms with Gasteiger partial charge in [0.25, 0.3) is 0 Å². The van der Waals surface area contributed by atoms with Gasteiger partial charge in [-0.25, -0.2) is 9.97 Å². The standard InChI is InChI=1S/C9H13N3O/c1-7-2-3-11-8(12-7)9(4-10)5-13-6-9/h2-3H,4-6,10H2,1H3. The summed E-state index contributed by atoms with van der Waals surface area (Å²) in [6.07, 6.45) is 1.77. The average Bonchev–Trinajstić information content (AvgIpc) is 2.03. The summed E-state index contributed by atoms with van der Waals surface area (Å²) in [6, 6.07) is 1.88. The van der Waals surface area contributed by atoms with Crippen molar-refractivity contribution in [3.8, 4) is 0 Å². The summed E-state index contributed by atoms with van der Waals surface area (Å²) in [5.74, 6) is 0.821. The molecule has 4 heteroatoms. The fourth-order valence-electron chi connectivity index (χ4n) is 1.39. The Balaban J connectivity index is 2.33. The highest BCUT2D eigenvalue weighted by molar-refractivity contribution is 5.15. The van der Waals surface area contributed by atoms with E-state index in [4.69, 9.17) is 10.5 Å². The van der Waals surface area contributed by atoms with Gasteiger partial charge in [-0.1, -0.05) is 0 Å². The molecule has 1 aromatic heterocycles. The number of hydrogen-bond donors (Lipinski definition) is 1. The van der Waals surface area contributed by atoms with Gasteiger partial charge in [-0.2, -0.15) is 0 Å². The van der Waals surface area contributed by atoms with Crippen molar-refractivity contribution in [1.82, 2.24) is 9.97 Å². The van der Waals surface area contributed by atoms with Crippen LogP contribution in [0.3, 0.4) is 0 Å². The summed E-state index contributed by atoms with van der Waals surface area (Å²) in [5.41, 5.74) is 6.55. The Morgan fingerprint density at radius 3 is 2.85 bits per heavy atom. The zero-order valence-corrected chi connectivity index (χ0v) is 7.66. The van der Waals surface area contributed by atoms with E-state index in [0.717, 1.165) is 11.5 Å². The third-order valence-electron chi connectivity index (χ3n) is 2.42. The molecule has 0 amide bonds. The van der Waals surface area contributed by atoms with Gasteiger partial charge in [-0.15, -0.1) is 0 Å². The molecule has 0 aromatic carbocycles. The summed E-state index contributed by atoms with van der Waals surface area (Å²) in [5, 5.41) is 0. The van der Waals surface area contributed by atoms with Gasteiger partial charge in [-0.05, 0) is 13.0 Å². The van der Waals surface area contributed by atoms with Gasteiger partial charge in [0.2, 0.25) is 0 Å². The molecule has 2 heterocycles. The van der Waals surface area contributed by atoms with E-state index in [-0.39, 0.29) is 5.41 Å². The molecule has 0 unspecified atom stereocenters. The van der Waals surface area contributed by atoms with Crippen molar-refractivity contribution >= 4 is 0 Å². The maximum atomic E-state index is 5.69. The Kier molecular flexibility index (Phi) is 2.01. The molecule has 1 aromatic rings. The molecule has 0 bridgehead atoms. The number of ether oxygens (including phenoxy) is 1. The first-order valence-corrected chi connectivity index (χ1v) is 4.35. The zero-order chi connectivity index (χ0) is 9.31. The van der Waals surface area contributed by atoms with Crippen molar-refractivity contribution in [1.29, 1.82) is 0 Å². The number of nitrogens with two attached hydrogens (primary N) is 1. The van der Waals surface area contributed by atoms with Gasteiger partial charge in [0.15, 0.2) is 0 Å². The van der Waals surface area contributed by atoms with Crippen LogP contribution < -0.4 is 5.73 Å². The Bertz CT molecular complexity index is 304. The average molecular weight is 179 g/mol. The Morgan fingerprint density at radius 2 is 2.38 bits per heavy atom.